The van der Waals surface area contributed by atoms with E-state index in [0.29, 0.717) is 11.2 Å². The van der Waals surface area contributed by atoms with Gasteiger partial charge in [0.2, 0.25) is 0 Å². The standard InChI is InChI=1S/C18H16ClN3O/c19-18-13(4-3-12-5-8-20-9-6-12)10-16-15(22-18)11-17(23-16)14-2-1-7-21-14/h3-6,8-11,14,21H,1-2,7H2/t14-/m1/s1. The van der Waals surface area contributed by atoms with Gasteiger partial charge in [0.1, 0.15) is 16.4 Å². The smallest absolute Gasteiger partial charge is 0.153 e. The van der Waals surface area contributed by atoms with E-state index < -0.39 is 0 Å². The van der Waals surface area contributed by atoms with Crippen LogP contribution in [-0.4, -0.2) is 16.5 Å². The third kappa shape index (κ3) is 3.00. The third-order valence-electron chi connectivity index (χ3n) is 4.07. The molecular formula is C18H16ClN3O. The summed E-state index contributed by atoms with van der Waals surface area (Å²) in [7, 11) is 0. The molecule has 0 bridgehead atoms. The van der Waals surface area contributed by atoms with Crippen LogP contribution in [0.3, 0.4) is 0 Å². The highest BCUT2D eigenvalue weighted by Crippen LogP contribution is 2.30. The first-order valence-electron chi connectivity index (χ1n) is 7.71. The van der Waals surface area contributed by atoms with Gasteiger partial charge < -0.3 is 9.73 Å². The summed E-state index contributed by atoms with van der Waals surface area (Å²) in [5.41, 5.74) is 3.48. The van der Waals surface area contributed by atoms with Gasteiger partial charge in [0.25, 0.3) is 0 Å². The lowest BCUT2D eigenvalue weighted by atomic mass is 10.1. The first kappa shape index (κ1) is 14.4. The van der Waals surface area contributed by atoms with E-state index in [4.69, 9.17) is 16.0 Å². The molecule has 4 nitrogen and oxygen atoms in total. The van der Waals surface area contributed by atoms with Gasteiger partial charge >= 0.3 is 0 Å². The number of furan rings is 1. The molecule has 0 radical (unpaired) electrons. The summed E-state index contributed by atoms with van der Waals surface area (Å²) in [5, 5.41) is 3.92. The fraction of sp³-hybridized carbons (Fsp3) is 0.222. The van der Waals surface area contributed by atoms with Crippen LogP contribution >= 0.6 is 11.6 Å². The number of hydrogen-bond acceptors (Lipinski definition) is 4. The summed E-state index contributed by atoms with van der Waals surface area (Å²) in [6.45, 7) is 1.04. The molecule has 116 valence electrons. The first-order valence-corrected chi connectivity index (χ1v) is 8.09. The van der Waals surface area contributed by atoms with Gasteiger partial charge in [-0.15, -0.1) is 0 Å². The Morgan fingerprint density at radius 2 is 2.09 bits per heavy atom. The number of rotatable bonds is 3. The number of fused-ring (bicyclic) bond motifs is 1. The zero-order chi connectivity index (χ0) is 15.6. The molecule has 23 heavy (non-hydrogen) atoms. The van der Waals surface area contributed by atoms with E-state index in [-0.39, 0.29) is 0 Å². The number of pyridine rings is 2. The maximum Gasteiger partial charge on any atom is 0.153 e. The summed E-state index contributed by atoms with van der Waals surface area (Å²) in [6.07, 6.45) is 9.73. The Labute approximate surface area is 139 Å². The Kier molecular flexibility index (Phi) is 3.85. The van der Waals surface area contributed by atoms with E-state index in [2.05, 4.69) is 15.3 Å². The van der Waals surface area contributed by atoms with E-state index in [1.165, 1.54) is 6.42 Å². The predicted octanol–water partition coefficient (Wildman–Crippen LogP) is 4.47. The van der Waals surface area contributed by atoms with E-state index in [0.717, 1.165) is 41.0 Å². The Balaban J connectivity index is 1.67. The molecular weight excluding hydrogens is 310 g/mol. The van der Waals surface area contributed by atoms with Gasteiger partial charge in [-0.25, -0.2) is 4.98 Å². The molecule has 1 aliphatic heterocycles. The van der Waals surface area contributed by atoms with Crippen molar-refractivity contribution in [2.75, 3.05) is 6.54 Å². The van der Waals surface area contributed by atoms with E-state index in [9.17, 15) is 0 Å². The van der Waals surface area contributed by atoms with Gasteiger partial charge in [0.05, 0.1) is 6.04 Å². The zero-order valence-electron chi connectivity index (χ0n) is 12.5. The summed E-state index contributed by atoms with van der Waals surface area (Å²) in [6, 6.07) is 8.10. The van der Waals surface area contributed by atoms with Crippen LogP contribution in [0.2, 0.25) is 5.15 Å². The lowest BCUT2D eigenvalue weighted by molar-refractivity contribution is 0.471. The highest BCUT2D eigenvalue weighted by Gasteiger charge is 2.20. The van der Waals surface area contributed by atoms with E-state index in [1.54, 1.807) is 12.4 Å². The summed E-state index contributed by atoms with van der Waals surface area (Å²) in [4.78, 5) is 8.47. The van der Waals surface area contributed by atoms with Crippen LogP contribution in [0.25, 0.3) is 23.3 Å². The minimum Gasteiger partial charge on any atom is -0.458 e. The van der Waals surface area contributed by atoms with Gasteiger partial charge in [-0.3, -0.25) is 4.98 Å². The molecule has 0 saturated carbocycles. The van der Waals surface area contributed by atoms with Crippen molar-refractivity contribution in [3.63, 3.8) is 0 Å². The van der Waals surface area contributed by atoms with Gasteiger partial charge in [0, 0.05) is 24.0 Å². The number of aromatic nitrogens is 2. The Morgan fingerprint density at radius 1 is 1.22 bits per heavy atom. The average Bonchev–Trinajstić information content (AvgIpc) is 3.22. The molecule has 4 rings (SSSR count). The molecule has 1 saturated heterocycles. The maximum absolute atomic E-state index is 6.31. The fourth-order valence-electron chi connectivity index (χ4n) is 2.85. The van der Waals surface area contributed by atoms with Gasteiger partial charge in [-0.1, -0.05) is 23.8 Å². The molecule has 0 aliphatic carbocycles. The largest absolute Gasteiger partial charge is 0.458 e. The number of halogens is 1. The fourth-order valence-corrected chi connectivity index (χ4v) is 3.06. The van der Waals surface area contributed by atoms with Crippen molar-refractivity contribution in [1.29, 1.82) is 0 Å². The topological polar surface area (TPSA) is 51.0 Å². The molecule has 3 aromatic rings. The maximum atomic E-state index is 6.31. The van der Waals surface area contributed by atoms with Gasteiger partial charge in [0.15, 0.2) is 5.58 Å². The van der Waals surface area contributed by atoms with Crippen LogP contribution < -0.4 is 5.32 Å². The minimum absolute atomic E-state index is 0.291. The third-order valence-corrected chi connectivity index (χ3v) is 4.37. The number of nitrogens with one attached hydrogen (secondary N) is 1. The predicted molar refractivity (Wildman–Crippen MR) is 92.2 cm³/mol. The van der Waals surface area contributed by atoms with Crippen molar-refractivity contribution < 1.29 is 4.42 Å². The van der Waals surface area contributed by atoms with Crippen LogP contribution in [0.4, 0.5) is 0 Å². The van der Waals surface area contributed by atoms with Gasteiger partial charge in [-0.2, -0.15) is 0 Å². The minimum atomic E-state index is 0.291. The SMILES string of the molecule is Clc1nc2cc([C@H]3CCCN3)oc2cc1C=Cc1ccncc1. The van der Waals surface area contributed by atoms with Crippen LogP contribution in [0.15, 0.2) is 41.1 Å². The van der Waals surface area contributed by atoms with Crippen molar-refractivity contribution in [3.8, 4) is 0 Å². The summed E-state index contributed by atoms with van der Waals surface area (Å²) in [5.74, 6) is 0.941. The Hall–Kier alpha value is -2.17. The second kappa shape index (κ2) is 6.14. The molecule has 0 unspecified atom stereocenters. The Morgan fingerprint density at radius 3 is 2.87 bits per heavy atom. The number of hydrogen-bond donors (Lipinski definition) is 1. The van der Waals surface area contributed by atoms with Crippen molar-refractivity contribution >= 4 is 34.9 Å². The quantitative estimate of drug-likeness (QED) is 0.722. The summed E-state index contributed by atoms with van der Waals surface area (Å²) >= 11 is 6.31. The number of nitrogens with zero attached hydrogens (tertiary/aromatic N) is 2. The lowest BCUT2D eigenvalue weighted by Crippen LogP contribution is -2.11. The van der Waals surface area contributed by atoms with E-state index in [1.807, 2.05) is 36.4 Å². The molecule has 1 fully saturated rings. The molecule has 0 amide bonds. The van der Waals surface area contributed by atoms with Crippen molar-refractivity contribution in [3.05, 3.63) is 58.7 Å². The van der Waals surface area contributed by atoms with Gasteiger partial charge in [-0.05, 0) is 43.1 Å². The summed E-state index contributed by atoms with van der Waals surface area (Å²) < 4.78 is 5.97. The first-order chi connectivity index (χ1) is 11.3. The molecule has 0 spiro atoms. The lowest BCUT2D eigenvalue weighted by Gasteiger charge is -2.04. The Bertz CT molecular complexity index is 851. The normalized spacial score (nSPS) is 18.2. The molecule has 1 aliphatic rings. The molecule has 5 heteroatoms. The molecule has 0 aromatic carbocycles. The molecule has 4 heterocycles. The molecule has 1 N–H and O–H groups in total. The van der Waals surface area contributed by atoms with Crippen LogP contribution in [0.1, 0.15) is 35.8 Å². The highest BCUT2D eigenvalue weighted by molar-refractivity contribution is 6.31. The molecule has 3 aromatic heterocycles. The van der Waals surface area contributed by atoms with Crippen LogP contribution in [-0.2, 0) is 0 Å². The highest BCUT2D eigenvalue weighted by atomic mass is 35.5. The van der Waals surface area contributed by atoms with Crippen LogP contribution in [0.5, 0.6) is 0 Å². The second-order valence-electron chi connectivity index (χ2n) is 5.66. The van der Waals surface area contributed by atoms with Crippen molar-refractivity contribution in [2.45, 2.75) is 18.9 Å². The van der Waals surface area contributed by atoms with Crippen molar-refractivity contribution in [2.24, 2.45) is 0 Å². The monoisotopic (exact) mass is 325 g/mol. The average molecular weight is 326 g/mol. The second-order valence-corrected chi connectivity index (χ2v) is 6.02. The zero-order valence-corrected chi connectivity index (χ0v) is 13.3. The van der Waals surface area contributed by atoms with Crippen LogP contribution in [0, 0.1) is 0 Å². The van der Waals surface area contributed by atoms with Crippen molar-refractivity contribution in [1.82, 2.24) is 15.3 Å². The van der Waals surface area contributed by atoms with E-state index >= 15 is 0 Å². The molecule has 1 atom stereocenters.